The molecule has 0 saturated heterocycles. The summed E-state index contributed by atoms with van der Waals surface area (Å²) >= 11 is 0. The van der Waals surface area contributed by atoms with Gasteiger partial charge in [-0.1, -0.05) is 30.3 Å². The Labute approximate surface area is 106 Å². The predicted molar refractivity (Wildman–Crippen MR) is 66.0 cm³/mol. The molecule has 4 nitrogen and oxygen atoms in total. The van der Waals surface area contributed by atoms with Crippen LogP contribution in [-0.4, -0.2) is 37.0 Å². The molecule has 1 N–H and O–H groups in total. The molecule has 0 amide bonds. The summed E-state index contributed by atoms with van der Waals surface area (Å²) in [6.45, 7) is -0.329. The van der Waals surface area contributed by atoms with Crippen LogP contribution in [0, 0.1) is 0 Å². The van der Waals surface area contributed by atoms with Crippen LogP contribution >= 0.6 is 0 Å². The van der Waals surface area contributed by atoms with Gasteiger partial charge in [-0.15, -0.1) is 0 Å². The van der Waals surface area contributed by atoms with E-state index < -0.39 is 12.4 Å². The Bertz CT molecular complexity index is 438. The fourth-order valence-electron chi connectivity index (χ4n) is 1.93. The van der Waals surface area contributed by atoms with E-state index in [0.29, 0.717) is 12.0 Å². The second kappa shape index (κ2) is 5.91. The number of carbonyl (C=O) groups is 1. The summed E-state index contributed by atoms with van der Waals surface area (Å²) in [7, 11) is 1.51. The number of hydrogen-bond acceptors (Lipinski definition) is 4. The number of ketones is 1. The number of aliphatic hydroxyl groups excluding tert-OH is 1. The maximum absolute atomic E-state index is 12.0. The van der Waals surface area contributed by atoms with Crippen LogP contribution in [0.5, 0.6) is 0 Å². The van der Waals surface area contributed by atoms with Crippen molar-refractivity contribution in [2.24, 2.45) is 0 Å². The summed E-state index contributed by atoms with van der Waals surface area (Å²) < 4.78 is 10.3. The zero-order valence-corrected chi connectivity index (χ0v) is 10.2. The van der Waals surface area contributed by atoms with E-state index in [1.165, 1.54) is 7.11 Å². The molecule has 1 aliphatic rings. The molecule has 1 aliphatic heterocycles. The van der Waals surface area contributed by atoms with Gasteiger partial charge >= 0.3 is 0 Å². The number of carbonyl (C=O) groups excluding carboxylic acids is 1. The molecule has 0 unspecified atom stereocenters. The maximum atomic E-state index is 12.0. The van der Waals surface area contributed by atoms with Crippen LogP contribution in [0.2, 0.25) is 0 Å². The van der Waals surface area contributed by atoms with Gasteiger partial charge in [0, 0.05) is 19.1 Å². The van der Waals surface area contributed by atoms with E-state index in [2.05, 4.69) is 0 Å². The molecule has 1 heterocycles. The Morgan fingerprint density at radius 2 is 2.06 bits per heavy atom. The van der Waals surface area contributed by atoms with Crippen molar-refractivity contribution in [3.8, 4) is 0 Å². The standard InChI is InChI=1S/C14H16O4/c1-17-13-8-11(14(16)12(9-15)18-13)7-10-5-3-2-4-6-10/h2-6,8,12-13,15H,7,9H2,1H3/t12-,13+/m1/s1. The van der Waals surface area contributed by atoms with Gasteiger partial charge in [0.15, 0.2) is 12.1 Å². The van der Waals surface area contributed by atoms with Crippen LogP contribution in [0.1, 0.15) is 5.56 Å². The number of ether oxygens (including phenoxy) is 2. The van der Waals surface area contributed by atoms with Gasteiger partial charge in [-0.2, -0.15) is 0 Å². The normalized spacial score (nSPS) is 23.9. The van der Waals surface area contributed by atoms with Gasteiger partial charge in [0.05, 0.1) is 6.61 Å². The van der Waals surface area contributed by atoms with Crippen LogP contribution in [0.4, 0.5) is 0 Å². The first kappa shape index (κ1) is 13.0. The summed E-state index contributed by atoms with van der Waals surface area (Å²) in [6.07, 6.45) is 0.804. The third-order valence-corrected chi connectivity index (χ3v) is 2.88. The van der Waals surface area contributed by atoms with Crippen molar-refractivity contribution in [2.45, 2.75) is 18.8 Å². The Hall–Kier alpha value is -1.49. The summed E-state index contributed by atoms with van der Waals surface area (Å²) in [5.74, 6) is -0.172. The minimum atomic E-state index is -0.821. The van der Waals surface area contributed by atoms with Crippen molar-refractivity contribution in [3.63, 3.8) is 0 Å². The first-order valence-corrected chi connectivity index (χ1v) is 5.82. The van der Waals surface area contributed by atoms with E-state index in [-0.39, 0.29) is 12.4 Å². The average Bonchev–Trinajstić information content (AvgIpc) is 2.42. The highest BCUT2D eigenvalue weighted by Crippen LogP contribution is 2.19. The smallest absolute Gasteiger partial charge is 0.190 e. The van der Waals surface area contributed by atoms with Crippen LogP contribution in [-0.2, 0) is 20.7 Å². The molecule has 0 fully saturated rings. The minimum absolute atomic E-state index is 0.172. The fraction of sp³-hybridized carbons (Fsp3) is 0.357. The van der Waals surface area contributed by atoms with E-state index in [1.54, 1.807) is 6.08 Å². The number of methoxy groups -OCH3 is 1. The van der Waals surface area contributed by atoms with Crippen LogP contribution in [0.25, 0.3) is 0 Å². The zero-order chi connectivity index (χ0) is 13.0. The molecule has 0 radical (unpaired) electrons. The summed E-state index contributed by atoms with van der Waals surface area (Å²) in [6, 6.07) is 9.70. The van der Waals surface area contributed by atoms with Gasteiger partial charge in [-0.05, 0) is 11.6 Å². The first-order chi connectivity index (χ1) is 8.74. The molecular formula is C14H16O4. The molecule has 96 valence electrons. The van der Waals surface area contributed by atoms with Gasteiger partial charge in [0.25, 0.3) is 0 Å². The van der Waals surface area contributed by atoms with Gasteiger partial charge in [0.2, 0.25) is 0 Å². The zero-order valence-electron chi connectivity index (χ0n) is 10.2. The Kier molecular flexibility index (Phi) is 4.25. The molecule has 0 aliphatic carbocycles. The van der Waals surface area contributed by atoms with E-state index in [9.17, 15) is 4.79 Å². The molecule has 0 saturated carbocycles. The Morgan fingerprint density at radius 1 is 1.33 bits per heavy atom. The quantitative estimate of drug-likeness (QED) is 0.866. The second-order valence-electron chi connectivity index (χ2n) is 4.13. The molecule has 2 atom stereocenters. The molecule has 1 aromatic rings. The lowest BCUT2D eigenvalue weighted by Gasteiger charge is -2.26. The number of benzene rings is 1. The van der Waals surface area contributed by atoms with Gasteiger partial charge < -0.3 is 14.6 Å². The van der Waals surface area contributed by atoms with Crippen molar-refractivity contribution in [3.05, 3.63) is 47.5 Å². The highest BCUT2D eigenvalue weighted by molar-refractivity contribution is 6.00. The van der Waals surface area contributed by atoms with Gasteiger partial charge in [-0.25, -0.2) is 0 Å². The van der Waals surface area contributed by atoms with Crippen molar-refractivity contribution < 1.29 is 19.4 Å². The number of aliphatic hydroxyl groups is 1. The van der Waals surface area contributed by atoms with E-state index in [4.69, 9.17) is 14.6 Å². The molecule has 18 heavy (non-hydrogen) atoms. The Balaban J connectivity index is 2.19. The number of Topliss-reactive ketones (excluding diaryl/α,β-unsaturated/α-hetero) is 1. The van der Waals surface area contributed by atoms with Crippen molar-refractivity contribution >= 4 is 5.78 Å². The van der Waals surface area contributed by atoms with Crippen molar-refractivity contribution in [1.82, 2.24) is 0 Å². The summed E-state index contributed by atoms with van der Waals surface area (Å²) in [5.41, 5.74) is 1.67. The van der Waals surface area contributed by atoms with Crippen LogP contribution in [0.3, 0.4) is 0 Å². The lowest BCUT2D eigenvalue weighted by Crippen LogP contribution is -2.38. The summed E-state index contributed by atoms with van der Waals surface area (Å²) in [5, 5.41) is 9.13. The third kappa shape index (κ3) is 2.85. The highest BCUT2D eigenvalue weighted by Gasteiger charge is 2.30. The SMILES string of the molecule is CO[C@@H]1C=C(Cc2ccccc2)C(=O)[C@@H](CO)O1. The lowest BCUT2D eigenvalue weighted by atomic mass is 9.96. The second-order valence-corrected chi connectivity index (χ2v) is 4.13. The first-order valence-electron chi connectivity index (χ1n) is 5.82. The van der Waals surface area contributed by atoms with Gasteiger partial charge in [0.1, 0.15) is 6.10 Å². The number of hydrogen-bond donors (Lipinski definition) is 1. The topological polar surface area (TPSA) is 55.8 Å². The minimum Gasteiger partial charge on any atom is -0.393 e. The Morgan fingerprint density at radius 3 is 2.67 bits per heavy atom. The van der Waals surface area contributed by atoms with Crippen LogP contribution < -0.4 is 0 Å². The predicted octanol–water partition coefficient (Wildman–Crippen LogP) is 1.09. The molecule has 1 aromatic carbocycles. The molecule has 4 heteroatoms. The van der Waals surface area contributed by atoms with Crippen LogP contribution in [0.15, 0.2) is 42.0 Å². The van der Waals surface area contributed by atoms with Crippen molar-refractivity contribution in [1.29, 1.82) is 0 Å². The maximum Gasteiger partial charge on any atom is 0.190 e. The largest absolute Gasteiger partial charge is 0.393 e. The van der Waals surface area contributed by atoms with E-state index >= 15 is 0 Å². The summed E-state index contributed by atoms with van der Waals surface area (Å²) in [4.78, 5) is 12.0. The molecular weight excluding hydrogens is 232 g/mol. The molecule has 2 rings (SSSR count). The third-order valence-electron chi connectivity index (χ3n) is 2.88. The molecule has 0 aromatic heterocycles. The van der Waals surface area contributed by atoms with E-state index in [0.717, 1.165) is 5.56 Å². The lowest BCUT2D eigenvalue weighted by molar-refractivity contribution is -0.162. The number of rotatable bonds is 4. The average molecular weight is 248 g/mol. The van der Waals surface area contributed by atoms with Crippen molar-refractivity contribution in [2.75, 3.05) is 13.7 Å². The molecule has 0 bridgehead atoms. The molecule has 0 spiro atoms. The fourth-order valence-corrected chi connectivity index (χ4v) is 1.93. The highest BCUT2D eigenvalue weighted by atomic mass is 16.7. The van der Waals surface area contributed by atoms with Gasteiger partial charge in [-0.3, -0.25) is 4.79 Å². The van der Waals surface area contributed by atoms with E-state index in [1.807, 2.05) is 30.3 Å². The monoisotopic (exact) mass is 248 g/mol.